The van der Waals surface area contributed by atoms with E-state index in [1.54, 1.807) is 6.92 Å². The monoisotopic (exact) mass is 272 g/mol. The number of hydrogen-bond donors (Lipinski definition) is 0. The molecule has 1 heterocycles. The maximum absolute atomic E-state index is 11.9. The summed E-state index contributed by atoms with van der Waals surface area (Å²) < 4.78 is 10.4. The van der Waals surface area contributed by atoms with Gasteiger partial charge in [-0.25, -0.2) is 0 Å². The zero-order chi connectivity index (χ0) is 14.0. The van der Waals surface area contributed by atoms with Crippen molar-refractivity contribution in [3.63, 3.8) is 0 Å². The fraction of sp³-hybridized carbons (Fsp3) is 0.400. The first-order valence-electron chi connectivity index (χ1n) is 6.79. The number of carbonyl (C=O) groups is 1. The summed E-state index contributed by atoms with van der Waals surface area (Å²) in [4.78, 5) is 16.3. The highest BCUT2D eigenvalue weighted by Gasteiger charge is 2.57. The standard InChI is InChI=1S/C15H16N2O3/c1-2-19-14(18)15(8-9-15)13-16-12(17-20-13)10-11-6-4-3-5-7-11/h3-7H,2,8-10H2,1H3. The molecule has 0 unspecified atom stereocenters. The van der Waals surface area contributed by atoms with E-state index in [1.165, 1.54) is 0 Å². The van der Waals surface area contributed by atoms with Crippen LogP contribution in [0.1, 0.15) is 37.0 Å². The van der Waals surface area contributed by atoms with E-state index in [9.17, 15) is 4.79 Å². The molecule has 1 aromatic carbocycles. The summed E-state index contributed by atoms with van der Waals surface area (Å²) in [6, 6.07) is 9.92. The predicted molar refractivity (Wildman–Crippen MR) is 71.1 cm³/mol. The van der Waals surface area contributed by atoms with E-state index in [0.29, 0.717) is 24.7 Å². The van der Waals surface area contributed by atoms with E-state index in [0.717, 1.165) is 18.4 Å². The largest absolute Gasteiger partial charge is 0.465 e. The number of benzene rings is 1. The molecule has 5 heteroatoms. The fourth-order valence-corrected chi connectivity index (χ4v) is 2.20. The van der Waals surface area contributed by atoms with Gasteiger partial charge in [0, 0.05) is 6.42 Å². The van der Waals surface area contributed by atoms with Crippen LogP contribution in [-0.4, -0.2) is 22.7 Å². The van der Waals surface area contributed by atoms with Crippen LogP contribution >= 0.6 is 0 Å². The summed E-state index contributed by atoms with van der Waals surface area (Å²) in [6.45, 7) is 2.16. The Morgan fingerprint density at radius 2 is 2.10 bits per heavy atom. The van der Waals surface area contributed by atoms with Crippen LogP contribution in [0, 0.1) is 0 Å². The minimum Gasteiger partial charge on any atom is -0.465 e. The van der Waals surface area contributed by atoms with E-state index in [-0.39, 0.29) is 5.97 Å². The van der Waals surface area contributed by atoms with E-state index >= 15 is 0 Å². The van der Waals surface area contributed by atoms with E-state index in [4.69, 9.17) is 9.26 Å². The molecule has 0 amide bonds. The van der Waals surface area contributed by atoms with Crippen molar-refractivity contribution >= 4 is 5.97 Å². The molecule has 0 spiro atoms. The maximum atomic E-state index is 11.9. The van der Waals surface area contributed by atoms with Crippen molar-refractivity contribution in [1.29, 1.82) is 0 Å². The molecule has 1 saturated carbocycles. The molecular formula is C15H16N2O3. The fourth-order valence-electron chi connectivity index (χ4n) is 2.20. The number of esters is 1. The third-order valence-corrected chi connectivity index (χ3v) is 3.50. The average Bonchev–Trinajstić information content (AvgIpc) is 3.15. The Kier molecular flexibility index (Phi) is 3.26. The number of nitrogens with zero attached hydrogens (tertiary/aromatic N) is 2. The Bertz CT molecular complexity index is 603. The van der Waals surface area contributed by atoms with Gasteiger partial charge in [-0.05, 0) is 25.3 Å². The highest BCUT2D eigenvalue weighted by atomic mass is 16.5. The van der Waals surface area contributed by atoms with Gasteiger partial charge in [-0.15, -0.1) is 0 Å². The van der Waals surface area contributed by atoms with Crippen molar-refractivity contribution in [3.05, 3.63) is 47.6 Å². The number of rotatable bonds is 5. The lowest BCUT2D eigenvalue weighted by molar-refractivity contribution is -0.146. The molecule has 0 N–H and O–H groups in total. The molecule has 20 heavy (non-hydrogen) atoms. The van der Waals surface area contributed by atoms with Crippen LogP contribution in [0.3, 0.4) is 0 Å². The molecule has 1 aliphatic carbocycles. The molecule has 0 radical (unpaired) electrons. The van der Waals surface area contributed by atoms with E-state index in [2.05, 4.69) is 10.1 Å². The minimum absolute atomic E-state index is 0.255. The van der Waals surface area contributed by atoms with Crippen LogP contribution in [0.4, 0.5) is 0 Å². The highest BCUT2D eigenvalue weighted by Crippen LogP contribution is 2.48. The van der Waals surface area contributed by atoms with Gasteiger partial charge in [-0.1, -0.05) is 35.5 Å². The Labute approximate surface area is 116 Å². The lowest BCUT2D eigenvalue weighted by Gasteiger charge is -2.07. The molecule has 0 atom stereocenters. The van der Waals surface area contributed by atoms with E-state index < -0.39 is 5.41 Å². The average molecular weight is 272 g/mol. The molecule has 0 saturated heterocycles. The van der Waals surface area contributed by atoms with Crippen LogP contribution in [-0.2, 0) is 21.4 Å². The highest BCUT2D eigenvalue weighted by molar-refractivity contribution is 5.85. The number of ether oxygens (including phenoxy) is 1. The van der Waals surface area contributed by atoms with E-state index in [1.807, 2.05) is 30.3 Å². The summed E-state index contributed by atoms with van der Waals surface area (Å²) in [5, 5.41) is 3.97. The first-order chi connectivity index (χ1) is 9.74. The first-order valence-corrected chi connectivity index (χ1v) is 6.79. The maximum Gasteiger partial charge on any atom is 0.321 e. The van der Waals surface area contributed by atoms with Crippen LogP contribution < -0.4 is 0 Å². The van der Waals surface area contributed by atoms with Crippen LogP contribution in [0.5, 0.6) is 0 Å². The van der Waals surface area contributed by atoms with Crippen molar-refractivity contribution in [2.24, 2.45) is 0 Å². The molecular weight excluding hydrogens is 256 g/mol. The van der Waals surface area contributed by atoms with Gasteiger partial charge < -0.3 is 9.26 Å². The van der Waals surface area contributed by atoms with Gasteiger partial charge in [-0.2, -0.15) is 4.98 Å². The minimum atomic E-state index is -0.683. The van der Waals surface area contributed by atoms with Gasteiger partial charge >= 0.3 is 5.97 Å². The van der Waals surface area contributed by atoms with Gasteiger partial charge in [0.2, 0.25) is 5.89 Å². The second-order valence-electron chi connectivity index (χ2n) is 4.98. The van der Waals surface area contributed by atoms with Crippen LogP contribution in [0.25, 0.3) is 0 Å². The summed E-state index contributed by atoms with van der Waals surface area (Å²) in [5.41, 5.74) is 0.429. The lowest BCUT2D eigenvalue weighted by Crippen LogP contribution is -2.23. The normalized spacial score (nSPS) is 15.8. The second kappa shape index (κ2) is 5.07. The molecule has 1 aromatic heterocycles. The third kappa shape index (κ3) is 2.31. The second-order valence-corrected chi connectivity index (χ2v) is 4.98. The Balaban J connectivity index is 1.76. The smallest absolute Gasteiger partial charge is 0.321 e. The number of aromatic nitrogens is 2. The molecule has 1 fully saturated rings. The number of hydrogen-bond acceptors (Lipinski definition) is 5. The SMILES string of the molecule is CCOC(=O)C1(c2nc(Cc3ccccc3)no2)CC1. The molecule has 0 bridgehead atoms. The zero-order valence-electron chi connectivity index (χ0n) is 11.3. The van der Waals surface area contributed by atoms with Crippen LogP contribution in [0.2, 0.25) is 0 Å². The topological polar surface area (TPSA) is 65.2 Å². The van der Waals surface area contributed by atoms with Gasteiger partial charge in [0.15, 0.2) is 5.82 Å². The lowest BCUT2D eigenvalue weighted by atomic mass is 10.1. The van der Waals surface area contributed by atoms with Gasteiger partial charge in [-0.3, -0.25) is 4.79 Å². The molecule has 104 valence electrons. The van der Waals surface area contributed by atoms with Crippen molar-refractivity contribution in [2.45, 2.75) is 31.6 Å². The first kappa shape index (κ1) is 12.8. The molecule has 3 rings (SSSR count). The van der Waals surface area contributed by atoms with Gasteiger partial charge in [0.25, 0.3) is 0 Å². The summed E-state index contributed by atoms with van der Waals surface area (Å²) in [7, 11) is 0. The Morgan fingerprint density at radius 1 is 1.35 bits per heavy atom. The quantitative estimate of drug-likeness (QED) is 0.781. The van der Waals surface area contributed by atoms with Crippen molar-refractivity contribution in [1.82, 2.24) is 10.1 Å². The summed E-state index contributed by atoms with van der Waals surface area (Å²) in [6.07, 6.45) is 2.04. The van der Waals surface area contributed by atoms with Crippen molar-refractivity contribution < 1.29 is 14.1 Å². The third-order valence-electron chi connectivity index (χ3n) is 3.50. The zero-order valence-corrected chi connectivity index (χ0v) is 11.3. The summed E-state index contributed by atoms with van der Waals surface area (Å²) in [5.74, 6) is 0.735. The molecule has 0 aliphatic heterocycles. The molecule has 5 nitrogen and oxygen atoms in total. The van der Waals surface area contributed by atoms with Gasteiger partial charge in [0.05, 0.1) is 6.61 Å². The Hall–Kier alpha value is -2.17. The van der Waals surface area contributed by atoms with Crippen molar-refractivity contribution in [3.8, 4) is 0 Å². The summed E-state index contributed by atoms with van der Waals surface area (Å²) >= 11 is 0. The van der Waals surface area contributed by atoms with Crippen molar-refractivity contribution in [2.75, 3.05) is 6.61 Å². The number of carbonyl (C=O) groups excluding carboxylic acids is 1. The van der Waals surface area contributed by atoms with Gasteiger partial charge in [0.1, 0.15) is 5.41 Å². The predicted octanol–water partition coefficient (Wildman–Crippen LogP) is 2.26. The van der Waals surface area contributed by atoms with Crippen LogP contribution in [0.15, 0.2) is 34.9 Å². The molecule has 2 aromatic rings. The molecule has 1 aliphatic rings. The Morgan fingerprint density at radius 3 is 2.75 bits per heavy atom.